The van der Waals surface area contributed by atoms with E-state index in [1.54, 1.807) is 19.1 Å². The number of carbonyl (C=O) groups excluding carboxylic acids is 1. The molecule has 1 aromatic rings. The highest BCUT2D eigenvalue weighted by atomic mass is 16.6. The number of hydrogen-bond donors (Lipinski definition) is 1. The standard InChI is InChI=1S/C16H22NO3/c1-16(2,3)20-15(18)17-13-8-12(7-11-5-6-11)9-14(10-13)19-4/h8-10H,5-7H2,1-4H3,(H,17,18). The molecule has 109 valence electrons. The van der Waals surface area contributed by atoms with Crippen LogP contribution in [0.25, 0.3) is 0 Å². The first-order valence-electron chi connectivity index (χ1n) is 6.87. The van der Waals surface area contributed by atoms with Crippen molar-refractivity contribution in [1.29, 1.82) is 0 Å². The van der Waals surface area contributed by atoms with Crippen LogP contribution >= 0.6 is 0 Å². The molecule has 4 nitrogen and oxygen atoms in total. The monoisotopic (exact) mass is 276 g/mol. The maximum atomic E-state index is 11.8. The lowest BCUT2D eigenvalue weighted by molar-refractivity contribution is 0.0636. The molecular weight excluding hydrogens is 254 g/mol. The molecule has 0 aliphatic heterocycles. The van der Waals surface area contributed by atoms with Crippen LogP contribution in [0.15, 0.2) is 18.2 Å². The zero-order chi connectivity index (χ0) is 14.8. The Kier molecular flexibility index (Phi) is 4.21. The first-order chi connectivity index (χ1) is 9.35. The Balaban J connectivity index is 2.07. The fourth-order valence-corrected chi connectivity index (χ4v) is 1.93. The van der Waals surface area contributed by atoms with Gasteiger partial charge in [-0.15, -0.1) is 0 Å². The summed E-state index contributed by atoms with van der Waals surface area (Å²) in [5.74, 6) is 2.29. The van der Waals surface area contributed by atoms with Gasteiger partial charge in [0, 0.05) is 11.8 Å². The molecule has 0 saturated heterocycles. The topological polar surface area (TPSA) is 47.6 Å². The van der Waals surface area contributed by atoms with E-state index in [1.165, 1.54) is 12.8 Å². The molecule has 1 aliphatic carbocycles. The largest absolute Gasteiger partial charge is 0.497 e. The predicted octanol–water partition coefficient (Wildman–Crippen LogP) is 3.95. The highest BCUT2D eigenvalue weighted by molar-refractivity contribution is 5.85. The number of anilines is 1. The van der Waals surface area contributed by atoms with Gasteiger partial charge in [-0.25, -0.2) is 4.79 Å². The van der Waals surface area contributed by atoms with Crippen LogP contribution in [0.2, 0.25) is 0 Å². The fraction of sp³-hybridized carbons (Fsp3) is 0.500. The van der Waals surface area contributed by atoms with Crippen LogP contribution in [-0.4, -0.2) is 18.8 Å². The van der Waals surface area contributed by atoms with E-state index >= 15 is 0 Å². The van der Waals surface area contributed by atoms with Crippen LogP contribution < -0.4 is 10.1 Å². The zero-order valence-corrected chi connectivity index (χ0v) is 12.6. The van der Waals surface area contributed by atoms with Gasteiger partial charge in [-0.05, 0) is 63.6 Å². The molecule has 1 saturated carbocycles. The van der Waals surface area contributed by atoms with Crippen LogP contribution in [0.5, 0.6) is 5.75 Å². The molecule has 2 rings (SSSR count). The first kappa shape index (κ1) is 14.7. The lowest BCUT2D eigenvalue weighted by Gasteiger charge is -2.20. The van der Waals surface area contributed by atoms with Crippen molar-refractivity contribution in [3.05, 3.63) is 29.7 Å². The first-order valence-corrected chi connectivity index (χ1v) is 6.87. The van der Waals surface area contributed by atoms with Crippen molar-refractivity contribution in [1.82, 2.24) is 0 Å². The molecule has 1 N–H and O–H groups in total. The second-order valence-corrected chi connectivity index (χ2v) is 6.12. The molecular formula is C16H22NO3. The summed E-state index contributed by atoms with van der Waals surface area (Å²) >= 11 is 0. The Morgan fingerprint density at radius 1 is 1.25 bits per heavy atom. The second-order valence-electron chi connectivity index (χ2n) is 6.12. The van der Waals surface area contributed by atoms with E-state index in [0.29, 0.717) is 5.69 Å². The van der Waals surface area contributed by atoms with Crippen molar-refractivity contribution in [2.75, 3.05) is 12.4 Å². The van der Waals surface area contributed by atoms with Gasteiger partial charge in [0.15, 0.2) is 0 Å². The molecule has 1 radical (unpaired) electrons. The summed E-state index contributed by atoms with van der Waals surface area (Å²) in [4.78, 5) is 11.8. The summed E-state index contributed by atoms with van der Waals surface area (Å²) < 4.78 is 10.5. The minimum Gasteiger partial charge on any atom is -0.497 e. The smallest absolute Gasteiger partial charge is 0.412 e. The number of hydrogen-bond acceptors (Lipinski definition) is 3. The molecule has 20 heavy (non-hydrogen) atoms. The van der Waals surface area contributed by atoms with Crippen molar-refractivity contribution in [3.8, 4) is 5.75 Å². The molecule has 0 spiro atoms. The molecule has 0 unspecified atom stereocenters. The van der Waals surface area contributed by atoms with E-state index in [0.717, 1.165) is 17.7 Å². The number of rotatable bonds is 4. The third kappa shape index (κ3) is 4.76. The van der Waals surface area contributed by atoms with Crippen LogP contribution in [0.4, 0.5) is 10.5 Å². The Hall–Kier alpha value is -1.71. The van der Waals surface area contributed by atoms with Gasteiger partial charge in [-0.2, -0.15) is 0 Å². The van der Waals surface area contributed by atoms with E-state index in [4.69, 9.17) is 9.47 Å². The lowest BCUT2D eigenvalue weighted by atomic mass is 10.1. The molecule has 0 aromatic heterocycles. The van der Waals surface area contributed by atoms with E-state index in [9.17, 15) is 4.79 Å². The average Bonchev–Trinajstić information content (AvgIpc) is 3.09. The number of methoxy groups -OCH3 is 1. The number of carbonyl (C=O) groups is 1. The van der Waals surface area contributed by atoms with Crippen LogP contribution in [0, 0.1) is 5.92 Å². The number of nitrogens with one attached hydrogen (secondary N) is 1. The third-order valence-electron chi connectivity index (χ3n) is 2.90. The Morgan fingerprint density at radius 2 is 1.95 bits per heavy atom. The minimum absolute atomic E-state index is 0.448. The Bertz CT molecular complexity index is 487. The number of amides is 1. The molecule has 0 atom stereocenters. The summed E-state index contributed by atoms with van der Waals surface area (Å²) in [5, 5.41) is 2.76. The van der Waals surface area contributed by atoms with Crippen LogP contribution in [-0.2, 0) is 11.2 Å². The van der Waals surface area contributed by atoms with Gasteiger partial charge < -0.3 is 9.47 Å². The van der Waals surface area contributed by atoms with Crippen molar-refractivity contribution >= 4 is 11.8 Å². The summed E-state index contributed by atoms with van der Waals surface area (Å²) in [6, 6.07) is 5.77. The molecule has 1 fully saturated rings. The molecule has 4 heteroatoms. The van der Waals surface area contributed by atoms with E-state index in [-0.39, 0.29) is 0 Å². The summed E-state index contributed by atoms with van der Waals surface area (Å²) in [5.41, 5.74) is 1.35. The quantitative estimate of drug-likeness (QED) is 0.905. The molecule has 0 heterocycles. The van der Waals surface area contributed by atoms with Crippen LogP contribution in [0.3, 0.4) is 0 Å². The third-order valence-corrected chi connectivity index (χ3v) is 2.90. The lowest BCUT2D eigenvalue weighted by Crippen LogP contribution is -2.27. The Morgan fingerprint density at radius 3 is 2.50 bits per heavy atom. The molecule has 0 bridgehead atoms. The molecule has 1 amide bonds. The van der Waals surface area contributed by atoms with Gasteiger partial charge in [-0.3, -0.25) is 5.32 Å². The van der Waals surface area contributed by atoms with Gasteiger partial charge in [0.25, 0.3) is 0 Å². The minimum atomic E-state index is -0.504. The van der Waals surface area contributed by atoms with Gasteiger partial charge in [0.2, 0.25) is 0 Å². The summed E-state index contributed by atoms with van der Waals surface area (Å²) in [6.07, 6.45) is 2.94. The van der Waals surface area contributed by atoms with Crippen molar-refractivity contribution in [3.63, 3.8) is 0 Å². The highest BCUT2D eigenvalue weighted by Crippen LogP contribution is 2.36. The Labute approximate surface area is 120 Å². The van der Waals surface area contributed by atoms with Crippen molar-refractivity contribution < 1.29 is 14.3 Å². The predicted molar refractivity (Wildman–Crippen MR) is 79.0 cm³/mol. The maximum Gasteiger partial charge on any atom is 0.412 e. The number of ether oxygens (including phenoxy) is 2. The summed E-state index contributed by atoms with van der Waals surface area (Å²) in [6.45, 7) is 5.52. The van der Waals surface area contributed by atoms with Crippen molar-refractivity contribution in [2.45, 2.75) is 45.6 Å². The molecule has 1 aliphatic rings. The second kappa shape index (κ2) is 5.73. The fourth-order valence-electron chi connectivity index (χ4n) is 1.93. The van der Waals surface area contributed by atoms with Crippen molar-refractivity contribution in [2.24, 2.45) is 0 Å². The molecule has 1 aromatic carbocycles. The van der Waals surface area contributed by atoms with Gasteiger partial charge in [0.05, 0.1) is 7.11 Å². The van der Waals surface area contributed by atoms with Gasteiger partial charge in [0.1, 0.15) is 11.4 Å². The zero-order valence-electron chi connectivity index (χ0n) is 12.6. The number of benzene rings is 1. The van der Waals surface area contributed by atoms with E-state index in [1.807, 2.05) is 32.9 Å². The summed E-state index contributed by atoms with van der Waals surface area (Å²) in [7, 11) is 1.63. The van der Waals surface area contributed by atoms with Gasteiger partial charge in [-0.1, -0.05) is 0 Å². The maximum absolute atomic E-state index is 11.8. The normalized spacial score (nSPS) is 14.8. The van der Waals surface area contributed by atoms with Gasteiger partial charge >= 0.3 is 6.09 Å². The van der Waals surface area contributed by atoms with E-state index < -0.39 is 11.7 Å². The SMILES string of the molecule is COc1cc(C[C]2CC2)cc(NC(=O)OC(C)(C)C)c1. The highest BCUT2D eigenvalue weighted by Gasteiger charge is 2.23. The van der Waals surface area contributed by atoms with Crippen LogP contribution in [0.1, 0.15) is 39.2 Å². The van der Waals surface area contributed by atoms with E-state index in [2.05, 4.69) is 5.32 Å². The average molecular weight is 276 g/mol.